The Balaban J connectivity index is 2.24. The highest BCUT2D eigenvalue weighted by Gasteiger charge is 2.12. The smallest absolute Gasteiger partial charge is 0.257 e. The first kappa shape index (κ1) is 14.7. The Morgan fingerprint density at radius 2 is 2.05 bits per heavy atom. The molecule has 6 heteroatoms. The van der Waals surface area contributed by atoms with Crippen LogP contribution in [0, 0.1) is 0 Å². The molecular formula is C14H12BrClN2O2. The van der Waals surface area contributed by atoms with Crippen molar-refractivity contribution in [2.75, 3.05) is 18.2 Å². The predicted octanol–water partition coefficient (Wildman–Crippen LogP) is 3.95. The van der Waals surface area contributed by atoms with E-state index >= 15 is 0 Å². The Labute approximate surface area is 130 Å². The van der Waals surface area contributed by atoms with Crippen LogP contribution >= 0.6 is 27.5 Å². The number of benzene rings is 2. The van der Waals surface area contributed by atoms with Gasteiger partial charge in [0.1, 0.15) is 5.75 Å². The second-order valence-corrected chi connectivity index (χ2v) is 5.32. The van der Waals surface area contributed by atoms with E-state index in [1.165, 1.54) is 0 Å². The summed E-state index contributed by atoms with van der Waals surface area (Å²) >= 11 is 9.19. The van der Waals surface area contributed by atoms with E-state index in [2.05, 4.69) is 21.2 Å². The van der Waals surface area contributed by atoms with Crippen molar-refractivity contribution in [3.8, 4) is 5.75 Å². The summed E-state index contributed by atoms with van der Waals surface area (Å²) < 4.78 is 5.75. The van der Waals surface area contributed by atoms with Gasteiger partial charge in [-0.25, -0.2) is 0 Å². The molecule has 2 rings (SSSR count). The van der Waals surface area contributed by atoms with Gasteiger partial charge in [-0.2, -0.15) is 0 Å². The summed E-state index contributed by atoms with van der Waals surface area (Å²) in [6, 6.07) is 10.0. The predicted molar refractivity (Wildman–Crippen MR) is 84.5 cm³/mol. The minimum atomic E-state index is -0.298. The van der Waals surface area contributed by atoms with Gasteiger partial charge in [0.15, 0.2) is 0 Å². The third-order valence-electron chi connectivity index (χ3n) is 2.68. The molecule has 0 aliphatic heterocycles. The summed E-state index contributed by atoms with van der Waals surface area (Å²) in [4.78, 5) is 12.2. The molecule has 0 bridgehead atoms. The van der Waals surface area contributed by atoms with E-state index in [9.17, 15) is 4.79 Å². The minimum absolute atomic E-state index is 0.298. The molecular weight excluding hydrogens is 344 g/mol. The number of methoxy groups -OCH3 is 1. The minimum Gasteiger partial charge on any atom is -0.497 e. The third kappa shape index (κ3) is 3.23. The van der Waals surface area contributed by atoms with Crippen LogP contribution in [-0.2, 0) is 0 Å². The molecule has 0 heterocycles. The number of hydrogen-bond acceptors (Lipinski definition) is 3. The lowest BCUT2D eigenvalue weighted by Gasteiger charge is -2.10. The maximum absolute atomic E-state index is 12.2. The maximum Gasteiger partial charge on any atom is 0.257 e. The van der Waals surface area contributed by atoms with Crippen molar-refractivity contribution < 1.29 is 9.53 Å². The molecule has 0 atom stereocenters. The van der Waals surface area contributed by atoms with Crippen LogP contribution in [0.5, 0.6) is 5.75 Å². The summed E-state index contributed by atoms with van der Waals surface area (Å²) in [6.07, 6.45) is 0. The Bertz CT molecular complexity index is 662. The monoisotopic (exact) mass is 354 g/mol. The number of rotatable bonds is 3. The number of nitrogen functional groups attached to an aromatic ring is 1. The fraction of sp³-hybridized carbons (Fsp3) is 0.0714. The molecule has 4 nitrogen and oxygen atoms in total. The van der Waals surface area contributed by atoms with Crippen LogP contribution in [0.15, 0.2) is 40.9 Å². The molecule has 0 spiro atoms. The average molecular weight is 356 g/mol. The first-order valence-corrected chi connectivity index (χ1v) is 6.88. The lowest BCUT2D eigenvalue weighted by atomic mass is 10.1. The quantitative estimate of drug-likeness (QED) is 0.820. The van der Waals surface area contributed by atoms with Crippen molar-refractivity contribution in [3.05, 3.63) is 51.5 Å². The number of carbonyl (C=O) groups excluding carboxylic acids is 1. The number of nitrogens with one attached hydrogen (secondary N) is 1. The van der Waals surface area contributed by atoms with E-state index in [1.54, 1.807) is 43.5 Å². The van der Waals surface area contributed by atoms with E-state index < -0.39 is 0 Å². The van der Waals surface area contributed by atoms with Crippen LogP contribution in [0.1, 0.15) is 10.4 Å². The summed E-state index contributed by atoms with van der Waals surface area (Å²) in [6.45, 7) is 0. The summed E-state index contributed by atoms with van der Waals surface area (Å²) in [5, 5.41) is 3.35. The van der Waals surface area contributed by atoms with E-state index in [4.69, 9.17) is 22.1 Å². The maximum atomic E-state index is 12.2. The fourth-order valence-corrected chi connectivity index (χ4v) is 2.44. The Morgan fingerprint density at radius 3 is 2.65 bits per heavy atom. The molecule has 0 fully saturated rings. The number of amides is 1. The van der Waals surface area contributed by atoms with Crippen LogP contribution in [0.2, 0.25) is 5.02 Å². The van der Waals surface area contributed by atoms with E-state index in [-0.39, 0.29) is 5.91 Å². The molecule has 1 amide bonds. The second kappa shape index (κ2) is 6.15. The van der Waals surface area contributed by atoms with Crippen LogP contribution in [0.4, 0.5) is 11.4 Å². The zero-order chi connectivity index (χ0) is 14.7. The lowest BCUT2D eigenvalue weighted by Crippen LogP contribution is -2.14. The molecule has 0 unspecified atom stereocenters. The molecule has 2 aromatic rings. The molecule has 2 aromatic carbocycles. The van der Waals surface area contributed by atoms with Gasteiger partial charge >= 0.3 is 0 Å². The number of nitrogens with two attached hydrogens (primary N) is 1. The third-order valence-corrected chi connectivity index (χ3v) is 3.57. The van der Waals surface area contributed by atoms with E-state index in [0.717, 1.165) is 0 Å². The van der Waals surface area contributed by atoms with E-state index in [0.29, 0.717) is 32.2 Å². The second-order valence-electron chi connectivity index (χ2n) is 4.03. The van der Waals surface area contributed by atoms with Crippen molar-refractivity contribution in [1.82, 2.24) is 0 Å². The van der Waals surface area contributed by atoms with Gasteiger partial charge in [-0.15, -0.1) is 0 Å². The van der Waals surface area contributed by atoms with Crippen LogP contribution in [0.3, 0.4) is 0 Å². The van der Waals surface area contributed by atoms with Gasteiger partial charge in [0, 0.05) is 21.2 Å². The van der Waals surface area contributed by atoms with Gasteiger partial charge in [-0.1, -0.05) is 11.6 Å². The van der Waals surface area contributed by atoms with E-state index in [1.807, 2.05) is 0 Å². The molecule has 0 aliphatic rings. The molecule has 0 radical (unpaired) electrons. The van der Waals surface area contributed by atoms with Gasteiger partial charge < -0.3 is 15.8 Å². The Morgan fingerprint density at radius 1 is 1.30 bits per heavy atom. The first-order chi connectivity index (χ1) is 9.51. The van der Waals surface area contributed by atoms with Crippen molar-refractivity contribution in [2.24, 2.45) is 0 Å². The number of hydrogen-bond donors (Lipinski definition) is 2. The fourth-order valence-electron chi connectivity index (χ4n) is 1.66. The number of ether oxygens (including phenoxy) is 1. The number of anilines is 2. The summed E-state index contributed by atoms with van der Waals surface area (Å²) in [5.74, 6) is 0.305. The summed E-state index contributed by atoms with van der Waals surface area (Å²) in [7, 11) is 1.54. The topological polar surface area (TPSA) is 64.3 Å². The normalized spacial score (nSPS) is 10.2. The highest BCUT2D eigenvalue weighted by molar-refractivity contribution is 9.10. The van der Waals surface area contributed by atoms with Crippen LogP contribution in [-0.4, -0.2) is 13.0 Å². The van der Waals surface area contributed by atoms with Crippen molar-refractivity contribution in [3.63, 3.8) is 0 Å². The Hall–Kier alpha value is -1.72. The van der Waals surface area contributed by atoms with Gasteiger partial charge in [0.05, 0.1) is 18.4 Å². The Kier molecular flexibility index (Phi) is 4.52. The SMILES string of the molecule is COc1ccc(C(=O)Nc2ccc(Cl)cc2Br)c(N)c1. The highest BCUT2D eigenvalue weighted by atomic mass is 79.9. The molecule has 3 N–H and O–H groups in total. The van der Waals surface area contributed by atoms with Crippen molar-refractivity contribution in [2.45, 2.75) is 0 Å². The number of halogens is 2. The van der Waals surface area contributed by atoms with Crippen molar-refractivity contribution >= 4 is 44.8 Å². The van der Waals surface area contributed by atoms with Gasteiger partial charge in [0.2, 0.25) is 0 Å². The molecule has 20 heavy (non-hydrogen) atoms. The van der Waals surface area contributed by atoms with Gasteiger partial charge in [-0.3, -0.25) is 4.79 Å². The lowest BCUT2D eigenvalue weighted by molar-refractivity contribution is 0.102. The van der Waals surface area contributed by atoms with Gasteiger partial charge in [-0.05, 0) is 46.3 Å². The molecule has 0 aromatic heterocycles. The standard InChI is InChI=1S/C14H12BrClN2O2/c1-20-9-3-4-10(12(17)7-9)14(19)18-13-5-2-8(16)6-11(13)15/h2-7H,17H2,1H3,(H,18,19). The first-order valence-electron chi connectivity index (χ1n) is 5.71. The number of carbonyl (C=O) groups is 1. The molecule has 0 aliphatic carbocycles. The zero-order valence-corrected chi connectivity index (χ0v) is 13.0. The highest BCUT2D eigenvalue weighted by Crippen LogP contribution is 2.27. The van der Waals surface area contributed by atoms with Crippen LogP contribution in [0.25, 0.3) is 0 Å². The largest absolute Gasteiger partial charge is 0.497 e. The molecule has 0 saturated carbocycles. The van der Waals surface area contributed by atoms with Gasteiger partial charge in [0.25, 0.3) is 5.91 Å². The average Bonchev–Trinajstić information content (AvgIpc) is 2.41. The molecule has 104 valence electrons. The summed E-state index contributed by atoms with van der Waals surface area (Å²) in [5.41, 5.74) is 7.20. The van der Waals surface area contributed by atoms with Crippen molar-refractivity contribution in [1.29, 1.82) is 0 Å². The molecule has 0 saturated heterocycles. The van der Waals surface area contributed by atoms with Crippen LogP contribution < -0.4 is 15.8 Å². The zero-order valence-electron chi connectivity index (χ0n) is 10.6.